The molecule has 0 spiro atoms. The van der Waals surface area contributed by atoms with Crippen LogP contribution in [0.15, 0.2) is 67.3 Å². The average molecular weight is 301 g/mol. The Kier molecular flexibility index (Phi) is 4.37. The monoisotopic (exact) mass is 301 g/mol. The molecule has 0 aromatic heterocycles. The van der Waals surface area contributed by atoms with Crippen LogP contribution < -0.4 is 0 Å². The first-order valence-electron chi connectivity index (χ1n) is 6.68. The Hall–Kier alpha value is -2.54. The van der Waals surface area contributed by atoms with Gasteiger partial charge in [-0.1, -0.05) is 48.5 Å². The van der Waals surface area contributed by atoms with Gasteiger partial charge in [0.05, 0.1) is 11.6 Å². The van der Waals surface area contributed by atoms with Gasteiger partial charge in [0.15, 0.2) is 0 Å². The maximum atomic E-state index is 12.6. The van der Waals surface area contributed by atoms with Crippen LogP contribution in [0.25, 0.3) is 0 Å². The molecule has 2 rings (SSSR count). The number of rotatable bonds is 4. The zero-order valence-electron chi connectivity index (χ0n) is 11.8. The minimum atomic E-state index is -4.39. The second-order valence-electron chi connectivity index (χ2n) is 5.02. The number of allylic oxidation sites excluding steroid dienone is 1. The molecule has 0 aliphatic rings. The Labute approximate surface area is 127 Å². The topological polar surface area (TPSA) is 23.8 Å². The summed E-state index contributed by atoms with van der Waals surface area (Å²) in [6, 6.07) is 16.2. The molecule has 0 amide bonds. The molecule has 22 heavy (non-hydrogen) atoms. The number of alkyl halides is 3. The van der Waals surface area contributed by atoms with E-state index >= 15 is 0 Å². The zero-order chi connectivity index (χ0) is 16.2. The summed E-state index contributed by atoms with van der Waals surface area (Å²) >= 11 is 0. The molecule has 0 bridgehead atoms. The van der Waals surface area contributed by atoms with Gasteiger partial charge < -0.3 is 0 Å². The van der Waals surface area contributed by atoms with Crippen molar-refractivity contribution in [1.29, 1.82) is 5.26 Å². The lowest BCUT2D eigenvalue weighted by Crippen LogP contribution is -2.24. The van der Waals surface area contributed by atoms with Crippen molar-refractivity contribution < 1.29 is 13.2 Å². The van der Waals surface area contributed by atoms with Crippen LogP contribution in [0.5, 0.6) is 0 Å². The minimum absolute atomic E-state index is 0.360. The third kappa shape index (κ3) is 3.20. The first-order valence-corrected chi connectivity index (χ1v) is 6.68. The van der Waals surface area contributed by atoms with Crippen molar-refractivity contribution in [2.75, 3.05) is 0 Å². The lowest BCUT2D eigenvalue weighted by Gasteiger charge is -2.24. The molecular weight excluding hydrogens is 287 g/mol. The Bertz CT molecular complexity index is 681. The predicted octanol–water partition coefficient (Wildman–Crippen LogP) is 4.90. The highest BCUT2D eigenvalue weighted by molar-refractivity contribution is 5.42. The van der Waals surface area contributed by atoms with Gasteiger partial charge in [-0.15, -0.1) is 6.58 Å². The molecule has 1 unspecified atom stereocenters. The van der Waals surface area contributed by atoms with Crippen LogP contribution in [0.3, 0.4) is 0 Å². The van der Waals surface area contributed by atoms with Gasteiger partial charge in [-0.05, 0) is 29.7 Å². The Morgan fingerprint density at radius 1 is 0.955 bits per heavy atom. The van der Waals surface area contributed by atoms with Crippen LogP contribution >= 0.6 is 0 Å². The van der Waals surface area contributed by atoms with Crippen LogP contribution in [0, 0.1) is 11.3 Å². The van der Waals surface area contributed by atoms with E-state index in [0.717, 1.165) is 17.7 Å². The highest BCUT2D eigenvalue weighted by Gasteiger charge is 2.33. The Morgan fingerprint density at radius 2 is 1.50 bits per heavy atom. The maximum Gasteiger partial charge on any atom is 0.416 e. The smallest absolute Gasteiger partial charge is 0.197 e. The van der Waals surface area contributed by atoms with Crippen molar-refractivity contribution in [2.24, 2.45) is 0 Å². The molecule has 0 radical (unpaired) electrons. The summed E-state index contributed by atoms with van der Waals surface area (Å²) in [6.45, 7) is 3.70. The van der Waals surface area contributed by atoms with E-state index in [1.165, 1.54) is 18.2 Å². The maximum absolute atomic E-state index is 12.6. The van der Waals surface area contributed by atoms with Crippen LogP contribution in [0.1, 0.15) is 16.7 Å². The largest absolute Gasteiger partial charge is 0.416 e. The van der Waals surface area contributed by atoms with Crippen LogP contribution in [-0.2, 0) is 18.0 Å². The van der Waals surface area contributed by atoms with Crippen molar-refractivity contribution in [2.45, 2.75) is 18.0 Å². The van der Waals surface area contributed by atoms with E-state index in [1.54, 1.807) is 0 Å². The summed E-state index contributed by atoms with van der Waals surface area (Å²) < 4.78 is 37.9. The summed E-state index contributed by atoms with van der Waals surface area (Å²) in [7, 11) is 0. The van der Waals surface area contributed by atoms with E-state index < -0.39 is 17.2 Å². The number of halogens is 3. The first-order chi connectivity index (χ1) is 10.4. The summed E-state index contributed by atoms with van der Waals surface area (Å²) in [5.41, 5.74) is -0.358. The van der Waals surface area contributed by atoms with E-state index in [9.17, 15) is 18.4 Å². The molecule has 0 N–H and O–H groups in total. The van der Waals surface area contributed by atoms with E-state index in [-0.39, 0.29) is 0 Å². The van der Waals surface area contributed by atoms with Gasteiger partial charge in [-0.25, -0.2) is 0 Å². The number of benzene rings is 2. The fraction of sp³-hybridized carbons (Fsp3) is 0.167. The van der Waals surface area contributed by atoms with Gasteiger partial charge in [0.25, 0.3) is 0 Å². The molecule has 1 nitrogen and oxygen atoms in total. The fourth-order valence-corrected chi connectivity index (χ4v) is 2.32. The van der Waals surface area contributed by atoms with Gasteiger partial charge in [0.1, 0.15) is 5.41 Å². The van der Waals surface area contributed by atoms with Crippen LogP contribution in [-0.4, -0.2) is 0 Å². The van der Waals surface area contributed by atoms with Crippen molar-refractivity contribution in [1.82, 2.24) is 0 Å². The second kappa shape index (κ2) is 6.07. The van der Waals surface area contributed by atoms with Crippen molar-refractivity contribution >= 4 is 0 Å². The Morgan fingerprint density at radius 3 is 1.95 bits per heavy atom. The van der Waals surface area contributed by atoms with Crippen molar-refractivity contribution in [3.8, 4) is 6.07 Å². The molecule has 0 aliphatic heterocycles. The van der Waals surface area contributed by atoms with Crippen molar-refractivity contribution in [3.05, 3.63) is 83.9 Å². The highest BCUT2D eigenvalue weighted by atomic mass is 19.4. The summed E-state index contributed by atoms with van der Waals surface area (Å²) in [4.78, 5) is 0. The van der Waals surface area contributed by atoms with Crippen LogP contribution in [0.2, 0.25) is 0 Å². The first kappa shape index (κ1) is 15.8. The quantitative estimate of drug-likeness (QED) is 0.737. The van der Waals surface area contributed by atoms with Crippen molar-refractivity contribution in [3.63, 3.8) is 0 Å². The van der Waals surface area contributed by atoms with Gasteiger partial charge in [0, 0.05) is 0 Å². The molecule has 0 saturated heterocycles. The number of hydrogen-bond acceptors (Lipinski definition) is 1. The Balaban J connectivity index is 2.40. The molecule has 2 aromatic carbocycles. The van der Waals surface area contributed by atoms with Gasteiger partial charge >= 0.3 is 6.18 Å². The molecule has 4 heteroatoms. The van der Waals surface area contributed by atoms with Gasteiger partial charge in [-0.3, -0.25) is 0 Å². The summed E-state index contributed by atoms with van der Waals surface area (Å²) in [6.07, 6.45) is -2.54. The molecule has 0 aliphatic carbocycles. The molecule has 0 fully saturated rings. The molecule has 0 heterocycles. The van der Waals surface area contributed by atoms with E-state index in [4.69, 9.17) is 0 Å². The van der Waals surface area contributed by atoms with E-state index in [0.29, 0.717) is 12.0 Å². The lowest BCUT2D eigenvalue weighted by atomic mass is 9.76. The fourth-order valence-electron chi connectivity index (χ4n) is 2.32. The van der Waals surface area contributed by atoms with E-state index in [1.807, 2.05) is 30.3 Å². The number of nitriles is 1. The summed E-state index contributed by atoms with van der Waals surface area (Å²) in [5, 5.41) is 9.58. The molecule has 2 aromatic rings. The van der Waals surface area contributed by atoms with Gasteiger partial charge in [-0.2, -0.15) is 18.4 Å². The van der Waals surface area contributed by atoms with Gasteiger partial charge in [0.2, 0.25) is 0 Å². The predicted molar refractivity (Wildman–Crippen MR) is 79.1 cm³/mol. The third-order valence-corrected chi connectivity index (χ3v) is 3.60. The number of hydrogen-bond donors (Lipinski definition) is 0. The molecule has 0 saturated carbocycles. The number of nitrogens with zero attached hydrogens (tertiary/aromatic N) is 1. The zero-order valence-corrected chi connectivity index (χ0v) is 11.8. The lowest BCUT2D eigenvalue weighted by molar-refractivity contribution is -0.137. The minimum Gasteiger partial charge on any atom is -0.197 e. The van der Waals surface area contributed by atoms with Crippen LogP contribution in [0.4, 0.5) is 13.2 Å². The SMILES string of the molecule is C=CC(C#N)(Cc1ccccc1)c1ccc(C(F)(F)F)cc1. The highest BCUT2D eigenvalue weighted by Crippen LogP contribution is 2.33. The molecule has 1 atom stereocenters. The standard InChI is InChI=1S/C18H14F3N/c1-2-17(13-22,12-14-6-4-3-5-7-14)15-8-10-16(11-9-15)18(19,20)21/h2-11H,1,12H2. The van der Waals surface area contributed by atoms with E-state index in [2.05, 4.69) is 12.6 Å². The second-order valence-corrected chi connectivity index (χ2v) is 5.02. The third-order valence-electron chi connectivity index (χ3n) is 3.60. The average Bonchev–Trinajstić information content (AvgIpc) is 2.53. The molecule has 112 valence electrons. The normalized spacial score (nSPS) is 13.9. The summed E-state index contributed by atoms with van der Waals surface area (Å²) in [5.74, 6) is 0. The molecular formula is C18H14F3N.